The van der Waals surface area contributed by atoms with Gasteiger partial charge in [0.15, 0.2) is 10.2 Å². The van der Waals surface area contributed by atoms with Gasteiger partial charge in [-0.05, 0) is 66.6 Å². The van der Waals surface area contributed by atoms with E-state index in [0.29, 0.717) is 0 Å². The Morgan fingerprint density at radius 2 is 1.81 bits per heavy atom. The van der Waals surface area contributed by atoms with Crippen LogP contribution in [0.3, 0.4) is 0 Å². The first-order valence-corrected chi connectivity index (χ1v) is 9.32. The first-order chi connectivity index (χ1) is 12.7. The number of hydrogen-bond donors (Lipinski definition) is 0. The predicted molar refractivity (Wildman–Crippen MR) is 99.9 cm³/mol. The minimum Gasteiger partial charge on any atom is -0.497 e. The average Bonchev–Trinajstić information content (AvgIpc) is 3.29. The molecule has 0 spiro atoms. The van der Waals surface area contributed by atoms with Crippen LogP contribution in [0.25, 0.3) is 17.1 Å². The van der Waals surface area contributed by atoms with Gasteiger partial charge in [0.1, 0.15) is 11.6 Å². The number of aromatic nitrogens is 6. The van der Waals surface area contributed by atoms with Gasteiger partial charge in [0, 0.05) is 18.0 Å². The first-order valence-electron chi connectivity index (χ1n) is 7.73. The van der Waals surface area contributed by atoms with Crippen molar-refractivity contribution in [1.29, 1.82) is 0 Å². The summed E-state index contributed by atoms with van der Waals surface area (Å²) in [7, 11) is 1.65. The topological polar surface area (TPSA) is 78.6 Å². The van der Waals surface area contributed by atoms with E-state index in [1.165, 1.54) is 23.3 Å². The highest BCUT2D eigenvalue weighted by Crippen LogP contribution is 2.33. The van der Waals surface area contributed by atoms with Gasteiger partial charge < -0.3 is 4.74 Å². The van der Waals surface area contributed by atoms with Gasteiger partial charge >= 0.3 is 0 Å². The lowest BCUT2D eigenvalue weighted by Crippen LogP contribution is -1.99. The van der Waals surface area contributed by atoms with Crippen LogP contribution in [0.2, 0.25) is 0 Å². The molecule has 0 aliphatic heterocycles. The van der Waals surface area contributed by atoms with Crippen LogP contribution in [-0.4, -0.2) is 36.2 Å². The number of rotatable bonds is 5. The first kappa shape index (κ1) is 16.7. The molecule has 26 heavy (non-hydrogen) atoms. The van der Waals surface area contributed by atoms with Crippen molar-refractivity contribution in [3.63, 3.8) is 0 Å². The summed E-state index contributed by atoms with van der Waals surface area (Å²) in [6.45, 7) is 1.87. The lowest BCUT2D eigenvalue weighted by Gasteiger charge is -2.10. The van der Waals surface area contributed by atoms with Gasteiger partial charge in [-0.1, -0.05) is 0 Å². The van der Waals surface area contributed by atoms with Gasteiger partial charge in [-0.2, -0.15) is 4.37 Å². The number of aryl methyl sites for hydroxylation is 1. The second kappa shape index (κ2) is 7.22. The van der Waals surface area contributed by atoms with E-state index < -0.39 is 0 Å². The molecule has 3 heterocycles. The standard InChI is InChI=1S/C17H14N6OS2/c1-11-19-17(26-22-11)25-16-21-20-15(12-7-9-18-10-8-12)23(16)13-3-5-14(24-2)6-4-13/h3-10H,1-2H3. The summed E-state index contributed by atoms with van der Waals surface area (Å²) >= 11 is 2.79. The minimum atomic E-state index is 0.720. The Kier molecular flexibility index (Phi) is 4.63. The number of benzene rings is 1. The van der Waals surface area contributed by atoms with Crippen molar-refractivity contribution in [2.75, 3.05) is 7.11 Å². The van der Waals surface area contributed by atoms with E-state index >= 15 is 0 Å². The number of nitrogens with zero attached hydrogens (tertiary/aromatic N) is 6. The molecule has 7 nitrogen and oxygen atoms in total. The van der Waals surface area contributed by atoms with Crippen molar-refractivity contribution in [3.05, 3.63) is 54.6 Å². The molecule has 0 unspecified atom stereocenters. The number of methoxy groups -OCH3 is 1. The van der Waals surface area contributed by atoms with E-state index in [1.807, 2.05) is 47.9 Å². The lowest BCUT2D eigenvalue weighted by atomic mass is 10.2. The maximum absolute atomic E-state index is 5.26. The highest BCUT2D eigenvalue weighted by Gasteiger charge is 2.18. The molecule has 0 fully saturated rings. The minimum absolute atomic E-state index is 0.720. The van der Waals surface area contributed by atoms with Crippen molar-refractivity contribution >= 4 is 23.3 Å². The van der Waals surface area contributed by atoms with Gasteiger partial charge in [0.2, 0.25) is 5.16 Å². The fraction of sp³-hybridized carbons (Fsp3) is 0.118. The van der Waals surface area contributed by atoms with Crippen LogP contribution in [0.15, 0.2) is 58.3 Å². The van der Waals surface area contributed by atoms with E-state index in [-0.39, 0.29) is 0 Å². The molecule has 0 amide bonds. The van der Waals surface area contributed by atoms with Gasteiger partial charge in [-0.3, -0.25) is 9.55 Å². The summed E-state index contributed by atoms with van der Waals surface area (Å²) in [6.07, 6.45) is 3.48. The highest BCUT2D eigenvalue weighted by molar-refractivity contribution is 8.00. The number of ether oxygens (including phenoxy) is 1. The maximum Gasteiger partial charge on any atom is 0.203 e. The SMILES string of the molecule is COc1ccc(-n2c(Sc3nc(C)ns3)nnc2-c2ccncc2)cc1. The molecule has 1 aromatic carbocycles. The largest absolute Gasteiger partial charge is 0.497 e. The Hall–Kier alpha value is -2.78. The Labute approximate surface area is 158 Å². The Bertz CT molecular complexity index is 1010. The van der Waals surface area contributed by atoms with E-state index in [0.717, 1.165) is 38.1 Å². The molecule has 4 aromatic rings. The van der Waals surface area contributed by atoms with Gasteiger partial charge in [-0.25, -0.2) is 4.98 Å². The Morgan fingerprint density at radius 1 is 1.04 bits per heavy atom. The third-order valence-electron chi connectivity index (χ3n) is 3.59. The van der Waals surface area contributed by atoms with Crippen LogP contribution in [0.1, 0.15) is 5.82 Å². The zero-order chi connectivity index (χ0) is 17.9. The zero-order valence-corrected chi connectivity index (χ0v) is 15.7. The quantitative estimate of drug-likeness (QED) is 0.521. The lowest BCUT2D eigenvalue weighted by molar-refractivity contribution is 0.414. The Balaban J connectivity index is 1.82. The molecule has 0 aliphatic carbocycles. The molecule has 4 rings (SSSR count). The molecule has 0 N–H and O–H groups in total. The smallest absolute Gasteiger partial charge is 0.203 e. The predicted octanol–water partition coefficient (Wildman–Crippen LogP) is 3.65. The summed E-state index contributed by atoms with van der Waals surface area (Å²) in [5.74, 6) is 2.28. The summed E-state index contributed by atoms with van der Waals surface area (Å²) < 4.78 is 12.3. The van der Waals surface area contributed by atoms with Crippen molar-refractivity contribution < 1.29 is 4.74 Å². The second-order valence-electron chi connectivity index (χ2n) is 5.29. The second-order valence-corrected chi connectivity index (χ2v) is 7.25. The van der Waals surface area contributed by atoms with E-state index in [2.05, 4.69) is 24.5 Å². The van der Waals surface area contributed by atoms with Crippen molar-refractivity contribution in [2.45, 2.75) is 16.4 Å². The molecule has 3 aromatic heterocycles. The van der Waals surface area contributed by atoms with Crippen LogP contribution in [0, 0.1) is 6.92 Å². The maximum atomic E-state index is 5.26. The van der Waals surface area contributed by atoms with Crippen molar-refractivity contribution in [3.8, 4) is 22.8 Å². The fourth-order valence-corrected chi connectivity index (χ4v) is 3.99. The van der Waals surface area contributed by atoms with Crippen LogP contribution in [0.5, 0.6) is 5.75 Å². The van der Waals surface area contributed by atoms with E-state index in [4.69, 9.17) is 4.74 Å². The summed E-state index contributed by atoms with van der Waals surface area (Å²) in [5.41, 5.74) is 1.87. The third kappa shape index (κ3) is 3.31. The summed E-state index contributed by atoms with van der Waals surface area (Å²) in [4.78, 5) is 8.49. The van der Waals surface area contributed by atoms with E-state index in [9.17, 15) is 0 Å². The molecule has 0 atom stereocenters. The van der Waals surface area contributed by atoms with Gasteiger partial charge in [0.05, 0.1) is 12.8 Å². The molecule has 0 saturated heterocycles. The number of hydrogen-bond acceptors (Lipinski definition) is 8. The van der Waals surface area contributed by atoms with E-state index in [1.54, 1.807) is 19.5 Å². The van der Waals surface area contributed by atoms with Crippen molar-refractivity contribution in [1.82, 2.24) is 29.1 Å². The molecule has 0 bridgehead atoms. The molecule has 0 saturated carbocycles. The molecule has 0 aliphatic rings. The van der Waals surface area contributed by atoms with Crippen LogP contribution in [-0.2, 0) is 0 Å². The molecular formula is C17H14N6OS2. The van der Waals surface area contributed by atoms with Crippen LogP contribution >= 0.6 is 23.3 Å². The molecule has 0 radical (unpaired) electrons. The van der Waals surface area contributed by atoms with Crippen LogP contribution in [0.4, 0.5) is 0 Å². The molecule has 9 heteroatoms. The molecule has 130 valence electrons. The fourth-order valence-electron chi connectivity index (χ4n) is 2.39. The average molecular weight is 382 g/mol. The normalized spacial score (nSPS) is 10.8. The highest BCUT2D eigenvalue weighted by atomic mass is 32.2. The van der Waals surface area contributed by atoms with Gasteiger partial charge in [0.25, 0.3) is 0 Å². The Morgan fingerprint density at radius 3 is 2.46 bits per heavy atom. The van der Waals surface area contributed by atoms with Crippen LogP contribution < -0.4 is 4.74 Å². The molecular weight excluding hydrogens is 368 g/mol. The van der Waals surface area contributed by atoms with Crippen molar-refractivity contribution in [2.24, 2.45) is 0 Å². The monoisotopic (exact) mass is 382 g/mol. The number of pyridine rings is 1. The summed E-state index contributed by atoms with van der Waals surface area (Å²) in [5, 5.41) is 9.50. The summed E-state index contributed by atoms with van der Waals surface area (Å²) in [6, 6.07) is 11.6. The van der Waals surface area contributed by atoms with Gasteiger partial charge in [-0.15, -0.1) is 10.2 Å². The zero-order valence-electron chi connectivity index (χ0n) is 14.0. The third-order valence-corrected chi connectivity index (χ3v) is 5.38.